The molecule has 142 valence electrons. The van der Waals surface area contributed by atoms with Gasteiger partial charge < -0.3 is 15.1 Å². The van der Waals surface area contributed by atoms with Gasteiger partial charge in [-0.1, -0.05) is 18.2 Å². The molecule has 2 N–H and O–H groups in total. The van der Waals surface area contributed by atoms with Crippen molar-refractivity contribution in [3.8, 4) is 0 Å². The van der Waals surface area contributed by atoms with Gasteiger partial charge >= 0.3 is 0 Å². The van der Waals surface area contributed by atoms with Gasteiger partial charge in [-0.2, -0.15) is 5.10 Å². The summed E-state index contributed by atoms with van der Waals surface area (Å²) in [5.41, 5.74) is 1.07. The number of aliphatic imine (C=N–C) groups is 1. The van der Waals surface area contributed by atoms with Crippen LogP contribution in [0.25, 0.3) is 0 Å². The average molecular weight is 384 g/mol. The number of nitrogens with zero attached hydrogens (tertiary/aromatic N) is 3. The highest BCUT2D eigenvalue weighted by Gasteiger charge is 2.03. The molecule has 0 saturated heterocycles. The van der Waals surface area contributed by atoms with Crippen LogP contribution < -0.4 is 10.6 Å². The fourth-order valence-corrected chi connectivity index (χ4v) is 3.29. The van der Waals surface area contributed by atoms with Gasteiger partial charge in [-0.15, -0.1) is 11.8 Å². The van der Waals surface area contributed by atoms with E-state index < -0.39 is 0 Å². The number of benzene rings is 1. The molecule has 0 bridgehead atoms. The van der Waals surface area contributed by atoms with Crippen molar-refractivity contribution >= 4 is 17.7 Å². The molecule has 3 aromatic rings. The maximum atomic E-state index is 5.38. The van der Waals surface area contributed by atoms with Crippen LogP contribution in [0.2, 0.25) is 0 Å². The molecule has 0 radical (unpaired) electrons. The summed E-state index contributed by atoms with van der Waals surface area (Å²) in [4.78, 5) is 5.96. The van der Waals surface area contributed by atoms with Crippen LogP contribution in [0.15, 0.2) is 75.3 Å². The number of aryl methyl sites for hydroxylation is 1. The Kier molecular flexibility index (Phi) is 7.41. The summed E-state index contributed by atoms with van der Waals surface area (Å²) in [6.45, 7) is 2.17. The van der Waals surface area contributed by atoms with Crippen LogP contribution in [0.3, 0.4) is 0 Å². The molecule has 6 nitrogen and oxygen atoms in total. The molecule has 27 heavy (non-hydrogen) atoms. The minimum atomic E-state index is 0.582. The lowest BCUT2D eigenvalue weighted by molar-refractivity contribution is 0.507. The van der Waals surface area contributed by atoms with E-state index >= 15 is 0 Å². The van der Waals surface area contributed by atoms with Gasteiger partial charge in [-0.05, 0) is 30.3 Å². The van der Waals surface area contributed by atoms with E-state index in [9.17, 15) is 0 Å². The first-order valence-electron chi connectivity index (χ1n) is 9.00. The summed E-state index contributed by atoms with van der Waals surface area (Å²) >= 11 is 1.83. The smallest absolute Gasteiger partial charge is 0.191 e. The lowest BCUT2D eigenvalue weighted by atomic mass is 10.3. The largest absolute Gasteiger partial charge is 0.469 e. The molecule has 0 aliphatic rings. The summed E-state index contributed by atoms with van der Waals surface area (Å²) in [6.07, 6.45) is 4.31. The molecule has 2 heterocycles. The Morgan fingerprint density at radius 3 is 2.70 bits per heavy atom. The van der Waals surface area contributed by atoms with Crippen LogP contribution in [0.4, 0.5) is 0 Å². The maximum Gasteiger partial charge on any atom is 0.191 e. The van der Waals surface area contributed by atoms with Crippen LogP contribution in [-0.4, -0.2) is 34.6 Å². The molecular formula is C20H25N5OS. The SMILES string of the molecule is Cn1nccc1CN=C(NCCSc1ccccc1)NCCc1ccco1. The Bertz CT molecular complexity index is 814. The summed E-state index contributed by atoms with van der Waals surface area (Å²) in [7, 11) is 1.93. The fraction of sp³-hybridized carbons (Fsp3) is 0.300. The van der Waals surface area contributed by atoms with Gasteiger partial charge in [-0.25, -0.2) is 4.99 Å². The second-order valence-electron chi connectivity index (χ2n) is 5.96. The third-order valence-corrected chi connectivity index (χ3v) is 4.99. The molecule has 0 aliphatic carbocycles. The van der Waals surface area contributed by atoms with Crippen molar-refractivity contribution in [2.24, 2.45) is 12.0 Å². The lowest BCUT2D eigenvalue weighted by Crippen LogP contribution is -2.39. The Labute approximate surface area is 164 Å². The minimum absolute atomic E-state index is 0.582. The molecule has 3 rings (SSSR count). The zero-order valence-corrected chi connectivity index (χ0v) is 16.3. The molecular weight excluding hydrogens is 358 g/mol. The zero-order valence-electron chi connectivity index (χ0n) is 15.5. The van der Waals surface area contributed by atoms with Crippen molar-refractivity contribution in [3.05, 3.63) is 72.4 Å². The monoisotopic (exact) mass is 383 g/mol. The fourth-order valence-electron chi connectivity index (χ4n) is 2.50. The molecule has 2 aromatic heterocycles. The average Bonchev–Trinajstić information content (AvgIpc) is 3.35. The molecule has 0 spiro atoms. The Morgan fingerprint density at radius 2 is 1.96 bits per heavy atom. The number of thioether (sulfide) groups is 1. The molecule has 0 fully saturated rings. The van der Waals surface area contributed by atoms with Gasteiger partial charge in [0.05, 0.1) is 18.5 Å². The second-order valence-corrected chi connectivity index (χ2v) is 7.12. The van der Waals surface area contributed by atoms with Gasteiger partial charge in [-0.3, -0.25) is 4.68 Å². The number of rotatable bonds is 9. The summed E-state index contributed by atoms with van der Waals surface area (Å²) in [6, 6.07) is 16.3. The normalized spacial score (nSPS) is 11.5. The van der Waals surface area contributed by atoms with E-state index in [0.717, 1.165) is 42.7 Å². The predicted octanol–water partition coefficient (Wildman–Crippen LogP) is 3.08. The van der Waals surface area contributed by atoms with Crippen LogP contribution in [-0.2, 0) is 20.0 Å². The Morgan fingerprint density at radius 1 is 1.11 bits per heavy atom. The van der Waals surface area contributed by atoms with E-state index in [1.165, 1.54) is 4.90 Å². The molecule has 0 saturated carbocycles. The van der Waals surface area contributed by atoms with Crippen LogP contribution in [0.1, 0.15) is 11.5 Å². The quantitative estimate of drug-likeness (QED) is 0.257. The summed E-state index contributed by atoms with van der Waals surface area (Å²) < 4.78 is 7.22. The topological polar surface area (TPSA) is 67.4 Å². The van der Waals surface area contributed by atoms with E-state index in [4.69, 9.17) is 4.42 Å². The van der Waals surface area contributed by atoms with E-state index in [2.05, 4.69) is 45.0 Å². The number of nitrogens with one attached hydrogen (secondary N) is 2. The van der Waals surface area contributed by atoms with Crippen LogP contribution in [0, 0.1) is 0 Å². The first-order chi connectivity index (χ1) is 13.3. The third-order valence-electron chi connectivity index (χ3n) is 3.97. The van der Waals surface area contributed by atoms with Gasteiger partial charge in [0.1, 0.15) is 5.76 Å². The first-order valence-corrected chi connectivity index (χ1v) is 9.99. The van der Waals surface area contributed by atoms with Gasteiger partial charge in [0.25, 0.3) is 0 Å². The maximum absolute atomic E-state index is 5.38. The molecule has 0 unspecified atom stereocenters. The highest BCUT2D eigenvalue weighted by molar-refractivity contribution is 7.99. The van der Waals surface area contributed by atoms with E-state index in [1.807, 2.05) is 47.8 Å². The van der Waals surface area contributed by atoms with Crippen molar-refractivity contribution in [1.82, 2.24) is 20.4 Å². The van der Waals surface area contributed by atoms with Gasteiger partial charge in [0, 0.05) is 43.4 Å². The number of guanidine groups is 1. The van der Waals surface area contributed by atoms with Crippen molar-refractivity contribution in [2.75, 3.05) is 18.8 Å². The molecule has 0 atom stereocenters. The molecule has 0 aliphatic heterocycles. The van der Waals surface area contributed by atoms with E-state index in [1.54, 1.807) is 12.5 Å². The van der Waals surface area contributed by atoms with Crippen molar-refractivity contribution in [3.63, 3.8) is 0 Å². The highest BCUT2D eigenvalue weighted by Crippen LogP contribution is 2.15. The third kappa shape index (κ3) is 6.53. The highest BCUT2D eigenvalue weighted by atomic mass is 32.2. The Hall–Kier alpha value is -2.67. The number of hydrogen-bond donors (Lipinski definition) is 2. The van der Waals surface area contributed by atoms with Crippen LogP contribution in [0.5, 0.6) is 0 Å². The molecule has 7 heteroatoms. The summed E-state index contributed by atoms with van der Waals surface area (Å²) in [5.74, 6) is 2.73. The first kappa shape index (κ1) is 19.1. The summed E-state index contributed by atoms with van der Waals surface area (Å²) in [5, 5.41) is 11.0. The Balaban J connectivity index is 1.49. The molecule has 0 amide bonds. The zero-order chi connectivity index (χ0) is 18.7. The van der Waals surface area contributed by atoms with Gasteiger partial charge in [0.15, 0.2) is 5.96 Å². The lowest BCUT2D eigenvalue weighted by Gasteiger charge is -2.12. The van der Waals surface area contributed by atoms with Crippen molar-refractivity contribution < 1.29 is 4.42 Å². The second kappa shape index (κ2) is 10.5. The van der Waals surface area contributed by atoms with Crippen LogP contribution >= 0.6 is 11.8 Å². The minimum Gasteiger partial charge on any atom is -0.469 e. The number of hydrogen-bond acceptors (Lipinski definition) is 4. The number of aromatic nitrogens is 2. The predicted molar refractivity (Wildman–Crippen MR) is 110 cm³/mol. The molecule has 1 aromatic carbocycles. The standard InChI is InChI=1S/C20H25N5OS/c1-25-17(9-12-24-25)16-23-20(21-11-10-18-6-5-14-26-18)22-13-15-27-19-7-3-2-4-8-19/h2-9,12,14H,10-11,13,15-16H2,1H3,(H2,21,22,23). The number of furan rings is 1. The van der Waals surface area contributed by atoms with Gasteiger partial charge in [0.2, 0.25) is 0 Å². The van der Waals surface area contributed by atoms with Crippen molar-refractivity contribution in [1.29, 1.82) is 0 Å². The van der Waals surface area contributed by atoms with E-state index in [0.29, 0.717) is 6.54 Å². The van der Waals surface area contributed by atoms with E-state index in [-0.39, 0.29) is 0 Å². The van der Waals surface area contributed by atoms with Crippen molar-refractivity contribution in [2.45, 2.75) is 17.9 Å².